The fraction of sp³-hybridized carbons (Fsp3) is 0.0417. The van der Waals surface area contributed by atoms with E-state index in [4.69, 9.17) is 16.7 Å². The molecule has 5 rings (SSSR count). The lowest BCUT2D eigenvalue weighted by molar-refractivity contribution is 0.597. The Bertz CT molecular complexity index is 1680. The highest BCUT2D eigenvalue weighted by Crippen LogP contribution is 2.32. The maximum absolute atomic E-state index is 11.8. The number of nitrogens with one attached hydrogen (secondary N) is 1. The molecule has 5 aromatic rings. The summed E-state index contributed by atoms with van der Waals surface area (Å²) < 4.78 is 25.3. The second-order valence-electron chi connectivity index (χ2n) is 7.59. The Labute approximate surface area is 201 Å². The summed E-state index contributed by atoms with van der Waals surface area (Å²) in [5.41, 5.74) is 4.25. The van der Waals surface area contributed by atoms with Gasteiger partial charge in [0.05, 0.1) is 18.8 Å². The molecule has 0 fully saturated rings. The molecule has 0 radical (unpaired) electrons. The van der Waals surface area contributed by atoms with Crippen molar-refractivity contribution in [3.8, 4) is 22.5 Å². The first-order valence-corrected chi connectivity index (χ1v) is 12.0. The van der Waals surface area contributed by atoms with E-state index in [0.717, 1.165) is 22.3 Å². The van der Waals surface area contributed by atoms with Crippen molar-refractivity contribution < 1.29 is 8.42 Å². The lowest BCUT2D eigenvalue weighted by Gasteiger charge is -2.12. The first-order chi connectivity index (χ1) is 16.9. The van der Waals surface area contributed by atoms with E-state index >= 15 is 0 Å². The quantitative estimate of drug-likeness (QED) is 0.353. The molecule has 0 aliphatic heterocycles. The number of nitrogens with zero attached hydrogens (tertiary/aromatic N) is 6. The molecule has 0 unspecified atom stereocenters. The molecule has 0 amide bonds. The Balaban J connectivity index is 1.65. The predicted molar refractivity (Wildman–Crippen MR) is 131 cm³/mol. The molecular weight excluding hydrogens is 464 g/mol. The smallest absolute Gasteiger partial charge is 0.239 e. The van der Waals surface area contributed by atoms with E-state index in [1.54, 1.807) is 29.0 Å². The van der Waals surface area contributed by atoms with E-state index in [1.807, 2.05) is 36.4 Å². The number of aromatic nitrogens is 5. The SMILES string of the molecule is [C-]#[N+]c1ccc(-c2ccn3nc(-c4cncc(S(N)(=O)=O)c4)nc(NCc4ccccn4)c23)cc1. The van der Waals surface area contributed by atoms with E-state index in [1.165, 1.54) is 18.5 Å². The first-order valence-electron chi connectivity index (χ1n) is 10.4. The van der Waals surface area contributed by atoms with Crippen LogP contribution in [-0.2, 0) is 16.6 Å². The van der Waals surface area contributed by atoms with Crippen LogP contribution in [0.2, 0.25) is 0 Å². The Kier molecular flexibility index (Phi) is 5.66. The number of rotatable bonds is 6. The summed E-state index contributed by atoms with van der Waals surface area (Å²) in [4.78, 5) is 16.4. The summed E-state index contributed by atoms with van der Waals surface area (Å²) in [5.74, 6) is 0.792. The van der Waals surface area contributed by atoms with Gasteiger partial charge in [-0.2, -0.15) is 0 Å². The zero-order valence-corrected chi connectivity index (χ0v) is 19.0. The largest absolute Gasteiger partial charge is 0.363 e. The number of primary sulfonamides is 1. The maximum atomic E-state index is 11.8. The van der Waals surface area contributed by atoms with E-state index < -0.39 is 10.0 Å². The summed E-state index contributed by atoms with van der Waals surface area (Å²) in [7, 11) is -3.94. The topological polar surface area (TPSA) is 133 Å². The lowest BCUT2D eigenvalue weighted by atomic mass is 10.1. The number of hydrogen-bond acceptors (Lipinski definition) is 7. The summed E-state index contributed by atoms with van der Waals surface area (Å²) in [6, 6.07) is 16.2. The Morgan fingerprint density at radius 2 is 1.89 bits per heavy atom. The van der Waals surface area contributed by atoms with Crippen LogP contribution < -0.4 is 10.5 Å². The van der Waals surface area contributed by atoms with Gasteiger partial charge in [0.25, 0.3) is 0 Å². The number of benzene rings is 1. The minimum absolute atomic E-state index is 0.130. The zero-order chi connectivity index (χ0) is 24.4. The molecule has 35 heavy (non-hydrogen) atoms. The molecular formula is C24H18N8O2S. The highest BCUT2D eigenvalue weighted by atomic mass is 32.2. The van der Waals surface area contributed by atoms with Crippen LogP contribution in [0, 0.1) is 6.57 Å². The molecule has 0 spiro atoms. The van der Waals surface area contributed by atoms with Crippen molar-refractivity contribution in [3.63, 3.8) is 0 Å². The molecule has 0 saturated heterocycles. The third kappa shape index (κ3) is 4.56. The van der Waals surface area contributed by atoms with Gasteiger partial charge in [0, 0.05) is 35.9 Å². The van der Waals surface area contributed by atoms with E-state index in [9.17, 15) is 8.42 Å². The molecule has 172 valence electrons. The van der Waals surface area contributed by atoms with Crippen molar-refractivity contribution in [2.45, 2.75) is 11.4 Å². The number of nitrogens with two attached hydrogens (primary N) is 1. The van der Waals surface area contributed by atoms with Crippen LogP contribution in [0.15, 0.2) is 84.3 Å². The van der Waals surface area contributed by atoms with Gasteiger partial charge in [0.15, 0.2) is 17.3 Å². The van der Waals surface area contributed by atoms with Crippen molar-refractivity contribution in [2.75, 3.05) is 5.32 Å². The fourth-order valence-electron chi connectivity index (χ4n) is 3.59. The number of pyridine rings is 2. The highest BCUT2D eigenvalue weighted by Gasteiger charge is 2.17. The molecule has 0 aliphatic carbocycles. The third-order valence-corrected chi connectivity index (χ3v) is 6.16. The summed E-state index contributed by atoms with van der Waals surface area (Å²) in [6.07, 6.45) is 6.16. The minimum atomic E-state index is -3.94. The van der Waals surface area contributed by atoms with Gasteiger partial charge < -0.3 is 5.32 Å². The Hall–Kier alpha value is -4.66. The number of fused-ring (bicyclic) bond motifs is 1. The van der Waals surface area contributed by atoms with Gasteiger partial charge in [-0.15, -0.1) is 5.10 Å². The molecule has 0 aliphatic rings. The molecule has 4 heterocycles. The van der Waals surface area contributed by atoms with Crippen LogP contribution >= 0.6 is 0 Å². The van der Waals surface area contributed by atoms with Gasteiger partial charge in [-0.25, -0.2) is 27.9 Å². The fourth-order valence-corrected chi connectivity index (χ4v) is 4.09. The maximum Gasteiger partial charge on any atom is 0.239 e. The minimum Gasteiger partial charge on any atom is -0.363 e. The van der Waals surface area contributed by atoms with Crippen LogP contribution in [0.5, 0.6) is 0 Å². The molecule has 11 heteroatoms. The summed E-state index contributed by atoms with van der Waals surface area (Å²) >= 11 is 0. The van der Waals surface area contributed by atoms with Crippen molar-refractivity contribution in [1.29, 1.82) is 0 Å². The molecule has 3 N–H and O–H groups in total. The third-order valence-electron chi connectivity index (χ3n) is 5.28. The average molecular weight is 483 g/mol. The van der Waals surface area contributed by atoms with E-state index in [0.29, 0.717) is 23.6 Å². The molecule has 0 saturated carbocycles. The Morgan fingerprint density at radius 3 is 2.60 bits per heavy atom. The monoisotopic (exact) mass is 482 g/mol. The van der Waals surface area contributed by atoms with Crippen LogP contribution in [0.1, 0.15) is 5.69 Å². The number of anilines is 1. The average Bonchev–Trinajstić information content (AvgIpc) is 3.32. The van der Waals surface area contributed by atoms with Crippen LogP contribution in [-0.4, -0.2) is 33.0 Å². The van der Waals surface area contributed by atoms with Crippen molar-refractivity contribution in [2.24, 2.45) is 5.14 Å². The van der Waals surface area contributed by atoms with Gasteiger partial charge in [-0.3, -0.25) is 9.97 Å². The molecule has 0 bridgehead atoms. The van der Waals surface area contributed by atoms with Gasteiger partial charge in [0.1, 0.15) is 10.4 Å². The normalized spacial score (nSPS) is 11.3. The van der Waals surface area contributed by atoms with Gasteiger partial charge in [-0.05, 0) is 29.8 Å². The molecule has 1 aromatic carbocycles. The summed E-state index contributed by atoms with van der Waals surface area (Å²) in [6.45, 7) is 7.59. The lowest BCUT2D eigenvalue weighted by Crippen LogP contribution is -2.13. The molecule has 0 atom stereocenters. The molecule has 10 nitrogen and oxygen atoms in total. The second kappa shape index (κ2) is 8.94. The summed E-state index contributed by atoms with van der Waals surface area (Å²) in [5, 5.41) is 13.2. The van der Waals surface area contributed by atoms with Gasteiger partial charge in [-0.1, -0.05) is 30.3 Å². The van der Waals surface area contributed by atoms with Crippen LogP contribution in [0.3, 0.4) is 0 Å². The van der Waals surface area contributed by atoms with Crippen LogP contribution in [0.4, 0.5) is 11.5 Å². The standard InChI is InChI=1S/C24H18N8O2S/c1-26-18-7-5-16(6-8-18)21-9-11-32-22(21)24(29-14-19-4-2-3-10-28-19)30-23(31-32)17-12-20(15-27-13-17)35(25,33)34/h2-13,15H,14H2,(H2,25,33,34)(H,29,30,31). The second-order valence-corrected chi connectivity index (χ2v) is 9.16. The molecule has 4 aromatic heterocycles. The van der Waals surface area contributed by atoms with Crippen molar-refractivity contribution in [3.05, 3.63) is 96.5 Å². The first kappa shape index (κ1) is 22.1. The number of hydrogen-bond donors (Lipinski definition) is 2. The van der Waals surface area contributed by atoms with Crippen molar-refractivity contribution in [1.82, 2.24) is 24.6 Å². The zero-order valence-electron chi connectivity index (χ0n) is 18.2. The van der Waals surface area contributed by atoms with Gasteiger partial charge >= 0.3 is 0 Å². The highest BCUT2D eigenvalue weighted by molar-refractivity contribution is 7.89. The number of sulfonamides is 1. The predicted octanol–water partition coefficient (Wildman–Crippen LogP) is 3.66. The van der Waals surface area contributed by atoms with E-state index in [-0.39, 0.29) is 10.7 Å². The van der Waals surface area contributed by atoms with Crippen LogP contribution in [0.25, 0.3) is 32.9 Å². The van der Waals surface area contributed by atoms with Gasteiger partial charge in [0.2, 0.25) is 10.0 Å². The van der Waals surface area contributed by atoms with Crippen molar-refractivity contribution >= 4 is 27.0 Å². The Morgan fingerprint density at radius 1 is 1.06 bits per heavy atom. The van der Waals surface area contributed by atoms with E-state index in [2.05, 4.69) is 25.2 Å².